The molecule has 0 rings (SSSR count). The van der Waals surface area contributed by atoms with Crippen LogP contribution in [-0.2, 0) is 9.53 Å². The van der Waals surface area contributed by atoms with Crippen molar-refractivity contribution in [3.05, 3.63) is 0 Å². The first kappa shape index (κ1) is 12.4. The van der Waals surface area contributed by atoms with Crippen LogP contribution in [0.4, 0.5) is 0 Å². The molecule has 0 aliphatic heterocycles. The van der Waals surface area contributed by atoms with Crippen LogP contribution in [0.2, 0.25) is 0 Å². The molecule has 0 aliphatic rings. The van der Waals surface area contributed by atoms with Gasteiger partial charge >= 0.3 is 5.97 Å². The van der Waals surface area contributed by atoms with Gasteiger partial charge in [-0.15, -0.1) is 0 Å². The Labute approximate surface area is 80.0 Å². The van der Waals surface area contributed by atoms with Crippen molar-refractivity contribution in [2.75, 3.05) is 27.2 Å². The Morgan fingerprint density at radius 1 is 1.54 bits per heavy atom. The van der Waals surface area contributed by atoms with Gasteiger partial charge in [-0.3, -0.25) is 4.79 Å². The lowest BCUT2D eigenvalue weighted by Crippen LogP contribution is -2.40. The van der Waals surface area contributed by atoms with E-state index in [1.165, 1.54) is 7.11 Å². The summed E-state index contributed by atoms with van der Waals surface area (Å²) in [6.07, 6.45) is 0. The van der Waals surface area contributed by atoms with Crippen LogP contribution in [0.25, 0.3) is 0 Å². The van der Waals surface area contributed by atoms with Crippen LogP contribution in [-0.4, -0.2) is 44.2 Å². The van der Waals surface area contributed by atoms with Gasteiger partial charge in [0.1, 0.15) is 0 Å². The van der Waals surface area contributed by atoms with E-state index in [9.17, 15) is 4.79 Å². The smallest absolute Gasteiger partial charge is 0.309 e. The highest BCUT2D eigenvalue weighted by Gasteiger charge is 2.23. The maximum atomic E-state index is 11.2. The van der Waals surface area contributed by atoms with E-state index in [0.717, 1.165) is 6.54 Å². The molecule has 0 saturated carbocycles. The van der Waals surface area contributed by atoms with Crippen LogP contribution in [0.15, 0.2) is 0 Å². The second-order valence-electron chi connectivity index (χ2n) is 3.32. The van der Waals surface area contributed by atoms with Gasteiger partial charge < -0.3 is 15.4 Å². The number of ether oxygens (including phenoxy) is 1. The zero-order valence-corrected chi connectivity index (χ0v) is 8.91. The molecule has 0 spiro atoms. The minimum Gasteiger partial charge on any atom is -0.469 e. The summed E-state index contributed by atoms with van der Waals surface area (Å²) in [6, 6.07) is 0.163. The number of methoxy groups -OCH3 is 1. The molecule has 0 aliphatic carbocycles. The quantitative estimate of drug-likeness (QED) is 0.621. The summed E-state index contributed by atoms with van der Waals surface area (Å²) in [6.45, 7) is 5.26. The highest BCUT2D eigenvalue weighted by molar-refractivity contribution is 5.72. The molecule has 0 saturated heterocycles. The normalized spacial score (nSPS) is 15.5. The average Bonchev–Trinajstić information content (AvgIpc) is 2.14. The monoisotopic (exact) mass is 188 g/mol. The average molecular weight is 188 g/mol. The Morgan fingerprint density at radius 2 is 2.08 bits per heavy atom. The lowest BCUT2D eigenvalue weighted by atomic mass is 10.0. The highest BCUT2D eigenvalue weighted by atomic mass is 16.5. The predicted molar refractivity (Wildman–Crippen MR) is 52.3 cm³/mol. The van der Waals surface area contributed by atoms with Gasteiger partial charge in [-0.1, -0.05) is 6.92 Å². The molecular weight excluding hydrogens is 168 g/mol. The van der Waals surface area contributed by atoms with Crippen molar-refractivity contribution in [1.29, 1.82) is 0 Å². The van der Waals surface area contributed by atoms with Crippen LogP contribution >= 0.6 is 0 Å². The Balaban J connectivity index is 4.07. The summed E-state index contributed by atoms with van der Waals surface area (Å²) in [5.41, 5.74) is 5.42. The summed E-state index contributed by atoms with van der Waals surface area (Å²) in [7, 11) is 3.37. The summed E-state index contributed by atoms with van der Waals surface area (Å²) in [4.78, 5) is 13.2. The van der Waals surface area contributed by atoms with Crippen LogP contribution in [0.1, 0.15) is 13.8 Å². The third-order valence-electron chi connectivity index (χ3n) is 2.47. The maximum absolute atomic E-state index is 11.2. The molecule has 0 radical (unpaired) electrons. The minimum atomic E-state index is -0.170. The molecule has 4 nitrogen and oxygen atoms in total. The first-order valence-electron chi connectivity index (χ1n) is 4.52. The lowest BCUT2D eigenvalue weighted by molar-refractivity contribution is -0.146. The standard InChI is InChI=1S/C9H20N2O2/c1-7(9(12)13-4)8(2)11(3)6-5-10/h7-8H,5-6,10H2,1-4H3. The molecule has 78 valence electrons. The summed E-state index contributed by atoms with van der Waals surface area (Å²) < 4.78 is 4.66. The Bertz CT molecular complexity index is 162. The molecule has 13 heavy (non-hydrogen) atoms. The molecule has 0 fully saturated rings. The van der Waals surface area contributed by atoms with E-state index in [4.69, 9.17) is 5.73 Å². The van der Waals surface area contributed by atoms with Crippen molar-refractivity contribution in [3.63, 3.8) is 0 Å². The Kier molecular flexibility index (Phi) is 5.66. The first-order chi connectivity index (χ1) is 6.04. The zero-order chi connectivity index (χ0) is 10.4. The third-order valence-corrected chi connectivity index (χ3v) is 2.47. The maximum Gasteiger partial charge on any atom is 0.309 e. The van der Waals surface area contributed by atoms with Crippen LogP contribution in [0, 0.1) is 5.92 Å². The molecule has 0 aromatic rings. The topological polar surface area (TPSA) is 55.6 Å². The molecule has 0 aromatic heterocycles. The number of likely N-dealkylation sites (N-methyl/N-ethyl adjacent to an activating group) is 1. The van der Waals surface area contributed by atoms with Gasteiger partial charge in [0.2, 0.25) is 0 Å². The fourth-order valence-electron chi connectivity index (χ4n) is 1.17. The first-order valence-corrected chi connectivity index (χ1v) is 4.52. The van der Waals surface area contributed by atoms with E-state index in [0.29, 0.717) is 6.54 Å². The lowest BCUT2D eigenvalue weighted by Gasteiger charge is -2.27. The van der Waals surface area contributed by atoms with Crippen molar-refractivity contribution < 1.29 is 9.53 Å². The molecule has 4 heteroatoms. The number of hydrogen-bond acceptors (Lipinski definition) is 4. The number of carbonyl (C=O) groups excluding carboxylic acids is 1. The minimum absolute atomic E-state index is 0.110. The zero-order valence-electron chi connectivity index (χ0n) is 8.91. The fourth-order valence-corrected chi connectivity index (χ4v) is 1.17. The number of nitrogens with zero attached hydrogens (tertiary/aromatic N) is 1. The highest BCUT2D eigenvalue weighted by Crippen LogP contribution is 2.09. The summed E-state index contributed by atoms with van der Waals surface area (Å²) in [5, 5.41) is 0. The molecule has 2 N–H and O–H groups in total. The van der Waals surface area contributed by atoms with Gasteiger partial charge in [0.25, 0.3) is 0 Å². The molecule has 0 bridgehead atoms. The van der Waals surface area contributed by atoms with E-state index in [1.54, 1.807) is 0 Å². The van der Waals surface area contributed by atoms with Crippen molar-refractivity contribution in [2.45, 2.75) is 19.9 Å². The van der Waals surface area contributed by atoms with Gasteiger partial charge in [0.15, 0.2) is 0 Å². The van der Waals surface area contributed by atoms with E-state index in [1.807, 2.05) is 20.9 Å². The third kappa shape index (κ3) is 3.74. The predicted octanol–water partition coefficient (Wildman–Crippen LogP) is 0.0745. The van der Waals surface area contributed by atoms with Crippen LogP contribution in [0.3, 0.4) is 0 Å². The van der Waals surface area contributed by atoms with E-state index >= 15 is 0 Å². The number of nitrogens with two attached hydrogens (primary N) is 1. The Morgan fingerprint density at radius 3 is 2.46 bits per heavy atom. The van der Waals surface area contributed by atoms with Gasteiger partial charge in [-0.2, -0.15) is 0 Å². The molecule has 0 amide bonds. The van der Waals surface area contributed by atoms with Crippen molar-refractivity contribution in [3.8, 4) is 0 Å². The van der Waals surface area contributed by atoms with Crippen LogP contribution in [0.5, 0.6) is 0 Å². The van der Waals surface area contributed by atoms with Gasteiger partial charge in [-0.05, 0) is 14.0 Å². The Hall–Kier alpha value is -0.610. The second-order valence-corrected chi connectivity index (χ2v) is 3.32. The van der Waals surface area contributed by atoms with Crippen molar-refractivity contribution in [2.24, 2.45) is 11.7 Å². The summed E-state index contributed by atoms with van der Waals surface area (Å²) >= 11 is 0. The number of carbonyl (C=O) groups is 1. The SMILES string of the molecule is COC(=O)C(C)C(C)N(C)CCN. The number of hydrogen-bond donors (Lipinski definition) is 1. The molecule has 2 unspecified atom stereocenters. The van der Waals surface area contributed by atoms with Crippen LogP contribution < -0.4 is 5.73 Å². The largest absolute Gasteiger partial charge is 0.469 e. The molecule has 0 aromatic carbocycles. The van der Waals surface area contributed by atoms with Gasteiger partial charge in [0.05, 0.1) is 13.0 Å². The van der Waals surface area contributed by atoms with E-state index in [2.05, 4.69) is 9.64 Å². The van der Waals surface area contributed by atoms with Crippen molar-refractivity contribution >= 4 is 5.97 Å². The molecule has 2 atom stereocenters. The second kappa shape index (κ2) is 5.94. The van der Waals surface area contributed by atoms with E-state index < -0.39 is 0 Å². The van der Waals surface area contributed by atoms with Crippen molar-refractivity contribution in [1.82, 2.24) is 4.90 Å². The summed E-state index contributed by atoms with van der Waals surface area (Å²) in [5.74, 6) is -0.280. The molecular formula is C9H20N2O2. The molecule has 0 heterocycles. The number of esters is 1. The number of rotatable bonds is 5. The van der Waals surface area contributed by atoms with Gasteiger partial charge in [-0.25, -0.2) is 0 Å². The van der Waals surface area contributed by atoms with E-state index in [-0.39, 0.29) is 17.9 Å². The van der Waals surface area contributed by atoms with Gasteiger partial charge in [0, 0.05) is 19.1 Å². The fraction of sp³-hybridized carbons (Fsp3) is 0.889.